The summed E-state index contributed by atoms with van der Waals surface area (Å²) in [4.78, 5) is 17.5. The molecule has 3 rings (SSSR count). The van der Waals surface area contributed by atoms with E-state index in [-0.39, 0.29) is 5.91 Å². The Morgan fingerprint density at radius 1 is 1.25 bits per heavy atom. The third-order valence-electron chi connectivity index (χ3n) is 3.15. The highest BCUT2D eigenvalue weighted by Gasteiger charge is 2.14. The van der Waals surface area contributed by atoms with E-state index < -0.39 is 0 Å². The summed E-state index contributed by atoms with van der Waals surface area (Å²) in [5, 5.41) is 4.29. The third-order valence-corrected chi connectivity index (χ3v) is 4.14. The number of rotatable bonds is 2. The van der Waals surface area contributed by atoms with Gasteiger partial charge in [-0.15, -0.1) is 11.3 Å². The Morgan fingerprint density at radius 2 is 2.05 bits per heavy atom. The Kier molecular flexibility index (Phi) is 3.06. The van der Waals surface area contributed by atoms with E-state index >= 15 is 0 Å². The van der Waals surface area contributed by atoms with E-state index in [1.165, 1.54) is 11.3 Å². The molecule has 20 heavy (non-hydrogen) atoms. The van der Waals surface area contributed by atoms with Crippen LogP contribution in [0.15, 0.2) is 28.7 Å². The molecule has 5 heteroatoms. The van der Waals surface area contributed by atoms with Crippen LogP contribution in [0.1, 0.15) is 26.7 Å². The fourth-order valence-corrected chi connectivity index (χ4v) is 2.74. The summed E-state index contributed by atoms with van der Waals surface area (Å²) in [6.45, 7) is 5.89. The third kappa shape index (κ3) is 2.32. The molecule has 0 unspecified atom stereocenters. The van der Waals surface area contributed by atoms with Crippen LogP contribution in [-0.4, -0.2) is 10.9 Å². The van der Waals surface area contributed by atoms with Gasteiger partial charge in [-0.3, -0.25) is 10.1 Å². The Morgan fingerprint density at radius 3 is 2.75 bits per heavy atom. The van der Waals surface area contributed by atoms with Crippen molar-refractivity contribution in [3.8, 4) is 0 Å². The van der Waals surface area contributed by atoms with E-state index in [9.17, 15) is 4.79 Å². The number of carbonyl (C=O) groups excluding carboxylic acids is 1. The van der Waals surface area contributed by atoms with Crippen molar-refractivity contribution < 1.29 is 9.21 Å². The van der Waals surface area contributed by atoms with Crippen LogP contribution in [0, 0.1) is 20.8 Å². The van der Waals surface area contributed by atoms with Crippen LogP contribution in [0.25, 0.3) is 11.0 Å². The maximum atomic E-state index is 12.2. The van der Waals surface area contributed by atoms with Crippen molar-refractivity contribution in [2.24, 2.45) is 0 Å². The number of furan rings is 1. The van der Waals surface area contributed by atoms with Gasteiger partial charge in [0.25, 0.3) is 5.91 Å². The number of nitrogens with zero attached hydrogens (tertiary/aromatic N) is 1. The molecule has 0 aliphatic rings. The quantitative estimate of drug-likeness (QED) is 0.772. The van der Waals surface area contributed by atoms with Crippen molar-refractivity contribution in [1.82, 2.24) is 4.98 Å². The van der Waals surface area contributed by atoms with E-state index in [1.807, 2.05) is 39.0 Å². The minimum absolute atomic E-state index is 0.271. The highest BCUT2D eigenvalue weighted by atomic mass is 32.1. The molecule has 0 spiro atoms. The number of aromatic nitrogens is 1. The maximum absolute atomic E-state index is 12.2. The molecular weight excluding hydrogens is 272 g/mol. The molecule has 4 nitrogen and oxygen atoms in total. The van der Waals surface area contributed by atoms with Crippen LogP contribution in [0.5, 0.6) is 0 Å². The van der Waals surface area contributed by atoms with Gasteiger partial charge in [0.15, 0.2) is 10.9 Å². The fraction of sp³-hybridized carbons (Fsp3) is 0.200. The Hall–Kier alpha value is -2.14. The second kappa shape index (κ2) is 4.76. The first-order valence-electron chi connectivity index (χ1n) is 6.28. The average molecular weight is 286 g/mol. The summed E-state index contributed by atoms with van der Waals surface area (Å²) < 4.78 is 5.58. The molecule has 0 aliphatic carbocycles. The largest absolute Gasteiger partial charge is 0.451 e. The lowest BCUT2D eigenvalue weighted by atomic mass is 10.2. The van der Waals surface area contributed by atoms with Gasteiger partial charge in [-0.05, 0) is 38.5 Å². The summed E-state index contributed by atoms with van der Waals surface area (Å²) in [5.74, 6) is 0.0312. The molecule has 0 aliphatic heterocycles. The average Bonchev–Trinajstić information content (AvgIpc) is 2.93. The number of hydrogen-bond donors (Lipinski definition) is 1. The zero-order chi connectivity index (χ0) is 14.3. The number of nitrogens with one attached hydrogen (secondary N) is 1. The van der Waals surface area contributed by atoms with Crippen molar-refractivity contribution in [3.05, 3.63) is 46.2 Å². The molecule has 1 N–H and O–H groups in total. The zero-order valence-electron chi connectivity index (χ0n) is 11.5. The molecule has 0 fully saturated rings. The van der Waals surface area contributed by atoms with Crippen molar-refractivity contribution in [2.45, 2.75) is 20.8 Å². The lowest BCUT2D eigenvalue weighted by molar-refractivity contribution is 0.0998. The summed E-state index contributed by atoms with van der Waals surface area (Å²) >= 11 is 1.46. The second-order valence-corrected chi connectivity index (χ2v) is 5.97. The summed E-state index contributed by atoms with van der Waals surface area (Å²) in [6.07, 6.45) is 0. The summed E-state index contributed by atoms with van der Waals surface area (Å²) in [7, 11) is 0. The Balaban J connectivity index is 1.88. The number of anilines is 1. The van der Waals surface area contributed by atoms with Gasteiger partial charge in [-0.1, -0.05) is 12.1 Å². The van der Waals surface area contributed by atoms with Crippen LogP contribution >= 0.6 is 11.3 Å². The van der Waals surface area contributed by atoms with E-state index in [1.54, 1.807) is 6.07 Å². The van der Waals surface area contributed by atoms with Crippen molar-refractivity contribution in [1.29, 1.82) is 0 Å². The van der Waals surface area contributed by atoms with Crippen LogP contribution in [0.2, 0.25) is 0 Å². The molecule has 102 valence electrons. The summed E-state index contributed by atoms with van der Waals surface area (Å²) in [6, 6.07) is 7.61. The highest BCUT2D eigenvalue weighted by molar-refractivity contribution is 7.15. The van der Waals surface area contributed by atoms with E-state index in [0.717, 1.165) is 27.1 Å². The van der Waals surface area contributed by atoms with Crippen LogP contribution in [0.4, 0.5) is 5.13 Å². The lowest BCUT2D eigenvalue weighted by Crippen LogP contribution is -2.10. The molecule has 3 aromatic rings. The van der Waals surface area contributed by atoms with Crippen LogP contribution in [0.3, 0.4) is 0 Å². The first-order valence-corrected chi connectivity index (χ1v) is 7.10. The van der Waals surface area contributed by atoms with E-state index in [0.29, 0.717) is 10.9 Å². The van der Waals surface area contributed by atoms with Crippen molar-refractivity contribution >= 4 is 33.3 Å². The molecule has 0 atom stereocenters. The van der Waals surface area contributed by atoms with Crippen molar-refractivity contribution in [2.75, 3.05) is 5.32 Å². The van der Waals surface area contributed by atoms with Gasteiger partial charge in [0, 0.05) is 10.3 Å². The predicted octanol–water partition coefficient (Wildman–Crippen LogP) is 4.07. The minimum Gasteiger partial charge on any atom is -0.451 e. The molecule has 1 aromatic carbocycles. The molecule has 1 amide bonds. The summed E-state index contributed by atoms with van der Waals surface area (Å²) in [5.41, 5.74) is 2.76. The van der Waals surface area contributed by atoms with Gasteiger partial charge in [0.2, 0.25) is 0 Å². The molecule has 0 saturated carbocycles. The van der Waals surface area contributed by atoms with E-state index in [2.05, 4.69) is 10.3 Å². The monoisotopic (exact) mass is 286 g/mol. The topological polar surface area (TPSA) is 55.1 Å². The zero-order valence-corrected chi connectivity index (χ0v) is 12.3. The molecule has 0 bridgehead atoms. The lowest BCUT2D eigenvalue weighted by Gasteiger charge is -1.96. The number of carbonyl (C=O) groups is 1. The molecule has 2 heterocycles. The Labute approximate surface area is 120 Å². The second-order valence-electron chi connectivity index (χ2n) is 4.77. The van der Waals surface area contributed by atoms with Crippen LogP contribution < -0.4 is 5.32 Å². The number of benzene rings is 1. The van der Waals surface area contributed by atoms with Gasteiger partial charge in [0.05, 0.1) is 5.69 Å². The Bertz CT molecular complexity index is 782. The maximum Gasteiger partial charge on any atom is 0.293 e. The minimum atomic E-state index is -0.271. The van der Waals surface area contributed by atoms with Gasteiger partial charge in [-0.25, -0.2) is 4.98 Å². The predicted molar refractivity (Wildman–Crippen MR) is 80.5 cm³/mol. The molecular formula is C15H14N2O2S. The number of fused-ring (bicyclic) bond motifs is 1. The SMILES string of the molecule is Cc1ccc2cc(C(=O)Nc3nc(C)c(C)s3)oc2c1. The standard InChI is InChI=1S/C15H14N2O2S/c1-8-4-5-11-7-13(19-12(11)6-8)14(18)17-15-16-9(2)10(3)20-15/h4-7H,1-3H3,(H,16,17,18). The normalized spacial score (nSPS) is 10.9. The number of hydrogen-bond acceptors (Lipinski definition) is 4. The number of amides is 1. The van der Waals surface area contributed by atoms with E-state index in [4.69, 9.17) is 4.42 Å². The number of thiazole rings is 1. The highest BCUT2D eigenvalue weighted by Crippen LogP contribution is 2.24. The molecule has 2 aromatic heterocycles. The van der Waals surface area contributed by atoms with Crippen molar-refractivity contribution in [3.63, 3.8) is 0 Å². The first-order chi connectivity index (χ1) is 9.52. The van der Waals surface area contributed by atoms with Gasteiger partial charge >= 0.3 is 0 Å². The van der Waals surface area contributed by atoms with Gasteiger partial charge in [-0.2, -0.15) is 0 Å². The molecule has 0 radical (unpaired) electrons. The first kappa shape index (κ1) is 12.9. The fourth-order valence-electron chi connectivity index (χ4n) is 1.94. The van der Waals surface area contributed by atoms with Gasteiger partial charge in [0.1, 0.15) is 5.58 Å². The molecule has 0 saturated heterocycles. The number of aryl methyl sites for hydroxylation is 3. The van der Waals surface area contributed by atoms with Gasteiger partial charge < -0.3 is 4.42 Å². The smallest absolute Gasteiger partial charge is 0.293 e. The van der Waals surface area contributed by atoms with Crippen LogP contribution in [-0.2, 0) is 0 Å².